The average molecular weight is 288 g/mol. The van der Waals surface area contributed by atoms with Crippen LogP contribution in [0.25, 0.3) is 0 Å². The predicted octanol–water partition coefficient (Wildman–Crippen LogP) is 2.09. The first-order valence-electron chi connectivity index (χ1n) is 6.73. The van der Waals surface area contributed by atoms with E-state index < -0.39 is 18.0 Å². The molecule has 0 saturated heterocycles. The van der Waals surface area contributed by atoms with Crippen molar-refractivity contribution in [3.63, 3.8) is 0 Å². The SMILES string of the molecule is C#CCC(NC(=O)NCc1ccc(C(C)C)cc1)C(=O)O. The third kappa shape index (κ3) is 5.57. The number of amides is 2. The Balaban J connectivity index is 2.49. The maximum Gasteiger partial charge on any atom is 0.327 e. The summed E-state index contributed by atoms with van der Waals surface area (Å²) in [7, 11) is 0. The summed E-state index contributed by atoms with van der Waals surface area (Å²) in [6.45, 7) is 4.54. The molecule has 112 valence electrons. The number of terminal acetylenes is 1. The minimum absolute atomic E-state index is 0.0498. The number of rotatable bonds is 6. The maximum atomic E-state index is 11.6. The van der Waals surface area contributed by atoms with Gasteiger partial charge in [0.05, 0.1) is 0 Å². The van der Waals surface area contributed by atoms with Crippen LogP contribution in [-0.4, -0.2) is 23.1 Å². The maximum absolute atomic E-state index is 11.6. The van der Waals surface area contributed by atoms with Crippen LogP contribution in [0.15, 0.2) is 24.3 Å². The van der Waals surface area contributed by atoms with Gasteiger partial charge in [-0.05, 0) is 17.0 Å². The molecule has 0 aliphatic carbocycles. The quantitative estimate of drug-likeness (QED) is 0.701. The summed E-state index contributed by atoms with van der Waals surface area (Å²) < 4.78 is 0. The summed E-state index contributed by atoms with van der Waals surface area (Å²) in [4.78, 5) is 22.5. The van der Waals surface area contributed by atoms with Crippen LogP contribution in [0.5, 0.6) is 0 Å². The van der Waals surface area contributed by atoms with E-state index >= 15 is 0 Å². The standard InChI is InChI=1S/C16H20N2O3/c1-4-5-14(15(19)20)18-16(21)17-10-12-6-8-13(9-7-12)11(2)3/h1,6-9,11,14H,5,10H2,2-3H3,(H,19,20)(H2,17,18,21). The number of hydrogen-bond donors (Lipinski definition) is 3. The van der Waals surface area contributed by atoms with Gasteiger partial charge in [-0.15, -0.1) is 12.3 Å². The smallest absolute Gasteiger partial charge is 0.327 e. The van der Waals surface area contributed by atoms with Crippen LogP contribution in [-0.2, 0) is 11.3 Å². The van der Waals surface area contributed by atoms with Crippen molar-refractivity contribution in [2.75, 3.05) is 0 Å². The Kier molecular flexibility index (Phi) is 6.28. The monoisotopic (exact) mass is 288 g/mol. The summed E-state index contributed by atoms with van der Waals surface area (Å²) >= 11 is 0. The van der Waals surface area contributed by atoms with Gasteiger partial charge in [0, 0.05) is 13.0 Å². The number of carboxylic acids is 1. The first-order chi connectivity index (χ1) is 9.93. The fraction of sp³-hybridized carbons (Fsp3) is 0.375. The summed E-state index contributed by atoms with van der Waals surface area (Å²) in [5.74, 6) is 1.53. The Bertz CT molecular complexity index is 529. The topological polar surface area (TPSA) is 78.4 Å². The molecule has 0 radical (unpaired) electrons. The fourth-order valence-electron chi connectivity index (χ4n) is 1.73. The van der Waals surface area contributed by atoms with E-state index in [1.165, 1.54) is 5.56 Å². The van der Waals surface area contributed by atoms with Gasteiger partial charge < -0.3 is 15.7 Å². The molecule has 1 aromatic carbocycles. The molecular formula is C16H20N2O3. The van der Waals surface area contributed by atoms with Gasteiger partial charge in [-0.2, -0.15) is 0 Å². The lowest BCUT2D eigenvalue weighted by Crippen LogP contribution is -2.45. The third-order valence-corrected chi connectivity index (χ3v) is 3.02. The van der Waals surface area contributed by atoms with Gasteiger partial charge in [-0.3, -0.25) is 0 Å². The lowest BCUT2D eigenvalue weighted by atomic mass is 10.0. The van der Waals surface area contributed by atoms with Gasteiger partial charge >= 0.3 is 12.0 Å². The van der Waals surface area contributed by atoms with E-state index in [1.54, 1.807) is 0 Å². The molecule has 0 bridgehead atoms. The lowest BCUT2D eigenvalue weighted by molar-refractivity contribution is -0.139. The van der Waals surface area contributed by atoms with Gasteiger partial charge in [0.15, 0.2) is 0 Å². The predicted molar refractivity (Wildman–Crippen MR) is 80.8 cm³/mol. The number of aliphatic carboxylic acids is 1. The number of hydrogen-bond acceptors (Lipinski definition) is 2. The number of nitrogens with one attached hydrogen (secondary N) is 2. The Hall–Kier alpha value is -2.48. The van der Waals surface area contributed by atoms with Crippen molar-refractivity contribution >= 4 is 12.0 Å². The second-order valence-electron chi connectivity index (χ2n) is 5.02. The highest BCUT2D eigenvalue weighted by Crippen LogP contribution is 2.14. The van der Waals surface area contributed by atoms with Crippen molar-refractivity contribution in [3.8, 4) is 12.3 Å². The highest BCUT2D eigenvalue weighted by atomic mass is 16.4. The first kappa shape index (κ1) is 16.6. The molecule has 0 aromatic heterocycles. The molecule has 1 aromatic rings. The van der Waals surface area contributed by atoms with Crippen LogP contribution >= 0.6 is 0 Å². The van der Waals surface area contributed by atoms with Crippen molar-refractivity contribution < 1.29 is 14.7 Å². The van der Waals surface area contributed by atoms with Crippen LogP contribution < -0.4 is 10.6 Å². The lowest BCUT2D eigenvalue weighted by Gasteiger charge is -2.13. The molecule has 1 unspecified atom stereocenters. The molecular weight excluding hydrogens is 268 g/mol. The second kappa shape index (κ2) is 7.95. The molecule has 5 heteroatoms. The number of urea groups is 1. The van der Waals surface area contributed by atoms with E-state index in [0.29, 0.717) is 12.5 Å². The van der Waals surface area contributed by atoms with E-state index in [1.807, 2.05) is 24.3 Å². The average Bonchev–Trinajstić information content (AvgIpc) is 2.45. The fourth-order valence-corrected chi connectivity index (χ4v) is 1.73. The van der Waals surface area contributed by atoms with Crippen molar-refractivity contribution in [2.45, 2.75) is 38.8 Å². The molecule has 0 saturated carbocycles. The summed E-state index contributed by atoms with van der Waals surface area (Å²) in [5.41, 5.74) is 2.17. The second-order valence-corrected chi connectivity index (χ2v) is 5.02. The van der Waals surface area contributed by atoms with E-state index in [0.717, 1.165) is 5.56 Å². The molecule has 0 fully saturated rings. The molecule has 0 spiro atoms. The van der Waals surface area contributed by atoms with E-state index in [2.05, 4.69) is 30.4 Å². The Morgan fingerprint density at radius 3 is 2.38 bits per heavy atom. The zero-order valence-corrected chi connectivity index (χ0v) is 12.2. The normalized spacial score (nSPS) is 11.5. The number of carboxylic acid groups (broad SMARTS) is 1. The molecule has 5 nitrogen and oxygen atoms in total. The van der Waals surface area contributed by atoms with Crippen LogP contribution in [0.2, 0.25) is 0 Å². The van der Waals surface area contributed by atoms with Gasteiger partial charge in [-0.25, -0.2) is 9.59 Å². The van der Waals surface area contributed by atoms with Crippen molar-refractivity contribution in [2.24, 2.45) is 0 Å². The Morgan fingerprint density at radius 1 is 1.29 bits per heavy atom. The number of carbonyl (C=O) groups excluding carboxylic acids is 1. The third-order valence-electron chi connectivity index (χ3n) is 3.02. The molecule has 0 aliphatic heterocycles. The van der Waals surface area contributed by atoms with Gasteiger partial charge in [-0.1, -0.05) is 38.1 Å². The molecule has 0 heterocycles. The van der Waals surface area contributed by atoms with Crippen molar-refractivity contribution in [3.05, 3.63) is 35.4 Å². The Labute approximate surface area is 124 Å². The van der Waals surface area contributed by atoms with Crippen LogP contribution in [0.1, 0.15) is 37.3 Å². The van der Waals surface area contributed by atoms with E-state index in [4.69, 9.17) is 11.5 Å². The first-order valence-corrected chi connectivity index (χ1v) is 6.73. The van der Waals surface area contributed by atoms with Gasteiger partial charge in [0.1, 0.15) is 6.04 Å². The minimum atomic E-state index is -1.15. The van der Waals surface area contributed by atoms with Crippen LogP contribution in [0.3, 0.4) is 0 Å². The van der Waals surface area contributed by atoms with Crippen LogP contribution in [0.4, 0.5) is 4.79 Å². The van der Waals surface area contributed by atoms with E-state index in [-0.39, 0.29) is 6.42 Å². The van der Waals surface area contributed by atoms with Crippen molar-refractivity contribution in [1.29, 1.82) is 0 Å². The highest BCUT2D eigenvalue weighted by Gasteiger charge is 2.18. The summed E-state index contributed by atoms with van der Waals surface area (Å²) in [6.07, 6.45) is 5.01. The van der Waals surface area contributed by atoms with Gasteiger partial charge in [0.2, 0.25) is 0 Å². The molecule has 3 N–H and O–H groups in total. The number of carbonyl (C=O) groups is 2. The Morgan fingerprint density at radius 2 is 1.90 bits per heavy atom. The number of benzene rings is 1. The van der Waals surface area contributed by atoms with Crippen molar-refractivity contribution in [1.82, 2.24) is 10.6 Å². The van der Waals surface area contributed by atoms with Crippen LogP contribution in [0, 0.1) is 12.3 Å². The largest absolute Gasteiger partial charge is 0.480 e. The highest BCUT2D eigenvalue weighted by molar-refractivity contribution is 5.82. The van der Waals surface area contributed by atoms with E-state index in [9.17, 15) is 9.59 Å². The summed E-state index contributed by atoms with van der Waals surface area (Å²) in [6, 6.07) is 6.27. The molecule has 2 amide bonds. The molecule has 1 rings (SSSR count). The molecule has 21 heavy (non-hydrogen) atoms. The minimum Gasteiger partial charge on any atom is -0.480 e. The zero-order valence-electron chi connectivity index (χ0n) is 12.2. The van der Waals surface area contributed by atoms with Gasteiger partial charge in [0.25, 0.3) is 0 Å². The zero-order chi connectivity index (χ0) is 15.8. The molecule has 0 aliphatic rings. The molecule has 1 atom stereocenters. The summed E-state index contributed by atoms with van der Waals surface area (Å²) in [5, 5.41) is 13.8.